The molecule has 0 bridgehead atoms. The monoisotopic (exact) mass is 393 g/mol. The van der Waals surface area contributed by atoms with Gasteiger partial charge in [0, 0.05) is 8.90 Å². The van der Waals surface area contributed by atoms with E-state index in [0.29, 0.717) is 0 Å². The number of hydrogen-bond donors (Lipinski definition) is 1. The predicted octanol–water partition coefficient (Wildman–Crippen LogP) is 3.26. The van der Waals surface area contributed by atoms with Gasteiger partial charge in [0.15, 0.2) is 0 Å². The summed E-state index contributed by atoms with van der Waals surface area (Å²) in [5, 5.41) is 3.95. The van der Waals surface area contributed by atoms with Crippen molar-refractivity contribution in [3.05, 3.63) is 32.9 Å². The summed E-state index contributed by atoms with van der Waals surface area (Å²) >= 11 is 5.68. The molecule has 0 spiro atoms. The summed E-state index contributed by atoms with van der Waals surface area (Å²) in [5.74, 6) is 0.0463. The molecule has 1 aliphatic carbocycles. The van der Waals surface area contributed by atoms with Crippen molar-refractivity contribution in [1.29, 1.82) is 0 Å². The fourth-order valence-corrected chi connectivity index (χ4v) is 2.88. The third-order valence-electron chi connectivity index (χ3n) is 2.92. The maximum Gasteiger partial charge on any atom is 0.252 e. The fourth-order valence-electron chi connectivity index (χ4n) is 1.57. The van der Waals surface area contributed by atoms with E-state index in [4.69, 9.17) is 0 Å². The van der Waals surface area contributed by atoms with E-state index in [-0.39, 0.29) is 11.4 Å². The van der Waals surface area contributed by atoms with Crippen molar-refractivity contribution >= 4 is 44.4 Å². The lowest BCUT2D eigenvalue weighted by Crippen LogP contribution is -2.38. The van der Waals surface area contributed by atoms with Crippen LogP contribution in [0, 0.1) is 10.5 Å². The maximum atomic E-state index is 12.1. The van der Waals surface area contributed by atoms with Crippen molar-refractivity contribution in [2.45, 2.75) is 25.3 Å². The molecule has 1 amide bonds. The Hall–Kier alpha value is -0.100. The van der Waals surface area contributed by atoms with Gasteiger partial charge in [-0.05, 0) is 54.0 Å². The van der Waals surface area contributed by atoms with Gasteiger partial charge in [-0.25, -0.2) is 0 Å². The molecule has 0 saturated heterocycles. The molecular formula is C12H13BrINO. The number of amides is 1. The van der Waals surface area contributed by atoms with Crippen molar-refractivity contribution in [3.8, 4) is 0 Å². The van der Waals surface area contributed by atoms with Crippen LogP contribution in [-0.4, -0.2) is 16.8 Å². The molecule has 16 heavy (non-hydrogen) atoms. The minimum atomic E-state index is 0.0178. The number of halogens is 2. The average molecular weight is 394 g/mol. The zero-order valence-corrected chi connectivity index (χ0v) is 12.8. The summed E-state index contributed by atoms with van der Waals surface area (Å²) in [7, 11) is 0. The van der Waals surface area contributed by atoms with Crippen molar-refractivity contribution in [2.24, 2.45) is 0 Å². The third kappa shape index (κ3) is 2.42. The van der Waals surface area contributed by atoms with E-state index >= 15 is 0 Å². The lowest BCUT2D eigenvalue weighted by molar-refractivity contribution is 0.0935. The van der Waals surface area contributed by atoms with E-state index in [1.165, 1.54) is 0 Å². The quantitative estimate of drug-likeness (QED) is 0.619. The summed E-state index contributed by atoms with van der Waals surface area (Å²) in [6, 6.07) is 5.84. The van der Waals surface area contributed by atoms with Crippen LogP contribution in [0.2, 0.25) is 0 Å². The second-order valence-corrected chi connectivity index (χ2v) is 5.94. The highest BCUT2D eigenvalue weighted by molar-refractivity contribution is 14.1. The van der Waals surface area contributed by atoms with Crippen LogP contribution in [0.15, 0.2) is 18.2 Å². The number of rotatable bonds is 3. The van der Waals surface area contributed by atoms with Crippen LogP contribution < -0.4 is 5.32 Å². The number of benzene rings is 1. The van der Waals surface area contributed by atoms with Crippen LogP contribution in [0.3, 0.4) is 0 Å². The minimum absolute atomic E-state index is 0.0178. The zero-order valence-electron chi connectivity index (χ0n) is 9.02. The Labute approximate surface area is 117 Å². The molecule has 2 nitrogen and oxygen atoms in total. The highest BCUT2D eigenvalue weighted by Crippen LogP contribution is 2.37. The maximum absolute atomic E-state index is 12.1. The van der Waals surface area contributed by atoms with E-state index in [2.05, 4.69) is 43.8 Å². The number of aryl methyl sites for hydroxylation is 1. The first kappa shape index (κ1) is 12.4. The second-order valence-electron chi connectivity index (χ2n) is 4.30. The molecule has 86 valence electrons. The highest BCUT2D eigenvalue weighted by atomic mass is 127. The van der Waals surface area contributed by atoms with E-state index < -0.39 is 0 Å². The largest absolute Gasteiger partial charge is 0.346 e. The Bertz CT molecular complexity index is 429. The first-order chi connectivity index (χ1) is 7.58. The summed E-state index contributed by atoms with van der Waals surface area (Å²) in [5.41, 5.74) is 1.95. The van der Waals surface area contributed by atoms with Crippen molar-refractivity contribution in [2.75, 3.05) is 5.33 Å². The molecule has 0 atom stereocenters. The van der Waals surface area contributed by atoms with Gasteiger partial charge in [-0.3, -0.25) is 4.79 Å². The van der Waals surface area contributed by atoms with Crippen LogP contribution in [-0.2, 0) is 0 Å². The van der Waals surface area contributed by atoms with Crippen LogP contribution in [0.1, 0.15) is 28.8 Å². The van der Waals surface area contributed by atoms with Gasteiger partial charge in [0.05, 0.1) is 11.1 Å². The highest BCUT2D eigenvalue weighted by Gasteiger charge is 2.43. The van der Waals surface area contributed by atoms with Gasteiger partial charge in [0.1, 0.15) is 0 Å². The zero-order chi connectivity index (χ0) is 11.8. The topological polar surface area (TPSA) is 29.1 Å². The molecule has 1 aliphatic rings. The molecule has 1 saturated carbocycles. The number of nitrogens with one attached hydrogen (secondary N) is 1. The van der Waals surface area contributed by atoms with Gasteiger partial charge in [0.25, 0.3) is 5.91 Å². The Morgan fingerprint density at radius 1 is 1.56 bits per heavy atom. The van der Waals surface area contributed by atoms with E-state index in [9.17, 15) is 4.79 Å². The molecule has 2 rings (SSSR count). The van der Waals surface area contributed by atoms with Gasteiger partial charge in [-0.15, -0.1) is 0 Å². The molecular weight excluding hydrogens is 381 g/mol. The smallest absolute Gasteiger partial charge is 0.252 e. The summed E-state index contributed by atoms with van der Waals surface area (Å²) in [4.78, 5) is 12.1. The molecule has 1 fully saturated rings. The number of carbonyl (C=O) groups is 1. The molecule has 1 N–H and O–H groups in total. The van der Waals surface area contributed by atoms with Gasteiger partial charge < -0.3 is 5.32 Å². The Morgan fingerprint density at radius 3 is 2.81 bits per heavy atom. The van der Waals surface area contributed by atoms with Gasteiger partial charge in [-0.1, -0.05) is 28.1 Å². The molecule has 4 heteroatoms. The van der Waals surface area contributed by atoms with E-state index in [0.717, 1.165) is 32.9 Å². The number of hydrogen-bond acceptors (Lipinski definition) is 1. The molecule has 0 heterocycles. The van der Waals surface area contributed by atoms with Crippen LogP contribution in [0.5, 0.6) is 0 Å². The Balaban J connectivity index is 2.18. The molecule has 0 aliphatic heterocycles. The molecule has 0 radical (unpaired) electrons. The Morgan fingerprint density at radius 2 is 2.25 bits per heavy atom. The molecule has 0 aromatic heterocycles. The van der Waals surface area contributed by atoms with Gasteiger partial charge in [-0.2, -0.15) is 0 Å². The molecule has 0 unspecified atom stereocenters. The first-order valence-electron chi connectivity index (χ1n) is 5.22. The van der Waals surface area contributed by atoms with Crippen molar-refractivity contribution in [3.63, 3.8) is 0 Å². The SMILES string of the molecule is Cc1cccc(C(=O)NC2(CBr)CC2)c1I. The van der Waals surface area contributed by atoms with Crippen LogP contribution in [0.4, 0.5) is 0 Å². The minimum Gasteiger partial charge on any atom is -0.346 e. The van der Waals surface area contributed by atoms with E-state index in [1.807, 2.05) is 25.1 Å². The lowest BCUT2D eigenvalue weighted by atomic mass is 10.1. The normalized spacial score (nSPS) is 16.9. The summed E-state index contributed by atoms with van der Waals surface area (Å²) in [6.07, 6.45) is 2.15. The van der Waals surface area contributed by atoms with Gasteiger partial charge in [0.2, 0.25) is 0 Å². The third-order valence-corrected chi connectivity index (χ3v) is 5.43. The summed E-state index contributed by atoms with van der Waals surface area (Å²) < 4.78 is 1.04. The average Bonchev–Trinajstić information content (AvgIpc) is 3.02. The van der Waals surface area contributed by atoms with Crippen molar-refractivity contribution in [1.82, 2.24) is 5.32 Å². The van der Waals surface area contributed by atoms with Crippen LogP contribution >= 0.6 is 38.5 Å². The predicted molar refractivity (Wildman–Crippen MR) is 77.1 cm³/mol. The molecule has 1 aromatic rings. The Kier molecular flexibility index (Phi) is 3.59. The van der Waals surface area contributed by atoms with Gasteiger partial charge >= 0.3 is 0 Å². The standard InChI is InChI=1S/C12H13BrINO/c1-8-3-2-4-9(10(8)14)11(16)15-12(7-13)5-6-12/h2-4H,5-7H2,1H3,(H,15,16). The van der Waals surface area contributed by atoms with Crippen LogP contribution in [0.25, 0.3) is 0 Å². The summed E-state index contributed by atoms with van der Waals surface area (Å²) in [6.45, 7) is 2.02. The van der Waals surface area contributed by atoms with E-state index in [1.54, 1.807) is 0 Å². The molecule has 1 aromatic carbocycles. The first-order valence-corrected chi connectivity index (χ1v) is 7.42. The number of carbonyl (C=O) groups excluding carboxylic acids is 1. The lowest BCUT2D eigenvalue weighted by Gasteiger charge is -2.15. The fraction of sp³-hybridized carbons (Fsp3) is 0.417. The second kappa shape index (κ2) is 4.64. The van der Waals surface area contributed by atoms with Crippen molar-refractivity contribution < 1.29 is 4.79 Å². The number of alkyl halides is 1.